The highest BCUT2D eigenvalue weighted by molar-refractivity contribution is 5.63. The number of nitrogens with zero attached hydrogens (tertiary/aromatic N) is 1. The second-order valence-electron chi connectivity index (χ2n) is 10.4. The molecule has 8 heteroatoms. The second kappa shape index (κ2) is 14.2. The predicted octanol–water partition coefficient (Wildman–Crippen LogP) is 9.68. The lowest BCUT2D eigenvalue weighted by Gasteiger charge is -2.34. The first kappa shape index (κ1) is 30.3. The summed E-state index contributed by atoms with van der Waals surface area (Å²) in [5.74, 6) is -7.22. The molecule has 1 aliphatic rings. The van der Waals surface area contributed by atoms with Gasteiger partial charge in [-0.3, -0.25) is 4.98 Å². The van der Waals surface area contributed by atoms with Crippen LogP contribution in [0, 0.1) is 17.6 Å². The Hall–Kier alpha value is -2.25. The molecule has 2 aromatic rings. The van der Waals surface area contributed by atoms with E-state index in [9.17, 15) is 8.78 Å². The average molecular weight is 544 g/mol. The molecule has 0 bridgehead atoms. The average Bonchev–Trinajstić information content (AvgIpc) is 2.90. The summed E-state index contributed by atoms with van der Waals surface area (Å²) in [5, 5.41) is 0. The number of unbranched alkanes of at least 4 members (excludes halogenated alkanes) is 6. The van der Waals surface area contributed by atoms with Crippen molar-refractivity contribution < 1.29 is 31.1 Å². The molecule has 212 valence electrons. The Kier molecular flexibility index (Phi) is 11.3. The number of hydrogen-bond acceptors (Lipinski definition) is 2. The number of aromatic nitrogens is 1. The molecule has 38 heavy (non-hydrogen) atoms. The Bertz CT molecular complexity index is 1010. The molecule has 1 aromatic carbocycles. The van der Waals surface area contributed by atoms with E-state index in [1.54, 1.807) is 6.92 Å². The van der Waals surface area contributed by atoms with Gasteiger partial charge in [-0.25, -0.2) is 26.3 Å². The number of alkyl halides is 4. The summed E-state index contributed by atoms with van der Waals surface area (Å²) in [6, 6.07) is 3.98. The summed E-state index contributed by atoms with van der Waals surface area (Å²) in [4.78, 5) is 4.05. The maximum Gasteiger partial charge on any atom is 0.279 e. The first-order valence-corrected chi connectivity index (χ1v) is 14.0. The van der Waals surface area contributed by atoms with E-state index in [2.05, 4.69) is 11.9 Å². The molecule has 0 amide bonds. The van der Waals surface area contributed by atoms with Gasteiger partial charge in [0.15, 0.2) is 17.8 Å². The number of fused-ring (bicyclic) bond motifs is 1. The van der Waals surface area contributed by atoms with E-state index in [0.717, 1.165) is 32.1 Å². The number of rotatable bonds is 15. The Morgan fingerprint density at radius 1 is 0.947 bits per heavy atom. The highest BCUT2D eigenvalue weighted by Gasteiger charge is 2.48. The van der Waals surface area contributed by atoms with Gasteiger partial charge in [0.25, 0.3) is 5.92 Å². The highest BCUT2D eigenvalue weighted by atomic mass is 19.3. The largest absolute Gasteiger partial charge is 0.489 e. The van der Waals surface area contributed by atoms with Crippen molar-refractivity contribution in [2.24, 2.45) is 5.92 Å². The summed E-state index contributed by atoms with van der Waals surface area (Å²) < 4.78 is 93.5. The molecule has 0 fully saturated rings. The maximum atomic E-state index is 15.3. The number of benzene rings is 1. The van der Waals surface area contributed by atoms with Gasteiger partial charge >= 0.3 is 0 Å². The number of halogens is 6. The monoisotopic (exact) mass is 543 g/mol. The zero-order chi connectivity index (χ0) is 27.7. The predicted molar refractivity (Wildman–Crippen MR) is 138 cm³/mol. The van der Waals surface area contributed by atoms with Crippen molar-refractivity contribution in [2.75, 3.05) is 6.61 Å². The van der Waals surface area contributed by atoms with Crippen LogP contribution in [0.3, 0.4) is 0 Å². The zero-order valence-electron chi connectivity index (χ0n) is 22.4. The van der Waals surface area contributed by atoms with Gasteiger partial charge in [0.05, 0.1) is 17.5 Å². The number of aryl methyl sites for hydroxylation is 1. The normalized spacial score (nSPS) is 18.2. The Labute approximate surface area is 222 Å². The van der Waals surface area contributed by atoms with Gasteiger partial charge in [-0.1, -0.05) is 65.2 Å². The second-order valence-corrected chi connectivity index (χ2v) is 10.4. The van der Waals surface area contributed by atoms with Crippen molar-refractivity contribution in [3.8, 4) is 17.0 Å². The molecule has 0 N–H and O–H groups in total. The molecular weight excluding hydrogens is 504 g/mol. The molecular formula is C30H39F6NO. The van der Waals surface area contributed by atoms with Crippen LogP contribution in [-0.4, -0.2) is 23.9 Å². The minimum Gasteiger partial charge on any atom is -0.489 e. The zero-order valence-corrected chi connectivity index (χ0v) is 22.4. The molecule has 3 unspecified atom stereocenters. The van der Waals surface area contributed by atoms with Crippen LogP contribution in [0.4, 0.5) is 26.3 Å². The van der Waals surface area contributed by atoms with Crippen LogP contribution in [0.5, 0.6) is 5.75 Å². The first-order valence-electron chi connectivity index (χ1n) is 14.0. The van der Waals surface area contributed by atoms with Crippen molar-refractivity contribution in [3.63, 3.8) is 0 Å². The van der Waals surface area contributed by atoms with Crippen LogP contribution < -0.4 is 4.74 Å². The van der Waals surface area contributed by atoms with E-state index in [0.29, 0.717) is 12.8 Å². The van der Waals surface area contributed by atoms with Gasteiger partial charge in [0.1, 0.15) is 18.5 Å². The fourth-order valence-electron chi connectivity index (χ4n) is 5.17. The minimum absolute atomic E-state index is 0.0382. The molecule has 0 radical (unpaired) electrons. The van der Waals surface area contributed by atoms with Crippen LogP contribution in [0.15, 0.2) is 24.4 Å². The lowest BCUT2D eigenvalue weighted by atomic mass is 9.77. The van der Waals surface area contributed by atoms with E-state index >= 15 is 17.6 Å². The molecule has 0 saturated carbocycles. The van der Waals surface area contributed by atoms with E-state index in [4.69, 9.17) is 4.74 Å². The molecule has 0 aliphatic heterocycles. The summed E-state index contributed by atoms with van der Waals surface area (Å²) >= 11 is 0. The molecule has 0 saturated heterocycles. The number of ether oxygens (including phenoxy) is 1. The Morgan fingerprint density at radius 3 is 2.32 bits per heavy atom. The molecule has 3 atom stereocenters. The summed E-state index contributed by atoms with van der Waals surface area (Å²) in [7, 11) is 0. The van der Waals surface area contributed by atoms with Crippen molar-refractivity contribution in [1.82, 2.24) is 4.98 Å². The highest BCUT2D eigenvalue weighted by Crippen LogP contribution is 2.49. The molecule has 1 aliphatic carbocycles. The van der Waals surface area contributed by atoms with Gasteiger partial charge in [-0.05, 0) is 49.4 Å². The third-order valence-corrected chi connectivity index (χ3v) is 7.43. The lowest BCUT2D eigenvalue weighted by molar-refractivity contribution is -0.0823. The van der Waals surface area contributed by atoms with E-state index < -0.39 is 48.0 Å². The topological polar surface area (TPSA) is 22.1 Å². The van der Waals surface area contributed by atoms with E-state index in [1.807, 2.05) is 0 Å². The summed E-state index contributed by atoms with van der Waals surface area (Å²) in [5.41, 5.74) is -0.924. The van der Waals surface area contributed by atoms with E-state index in [-0.39, 0.29) is 48.3 Å². The van der Waals surface area contributed by atoms with Crippen LogP contribution in [0.25, 0.3) is 11.3 Å². The fraction of sp³-hybridized carbons (Fsp3) is 0.633. The lowest BCUT2D eigenvalue weighted by Crippen LogP contribution is -2.33. The van der Waals surface area contributed by atoms with Crippen LogP contribution >= 0.6 is 0 Å². The molecule has 0 spiro atoms. The summed E-state index contributed by atoms with van der Waals surface area (Å²) in [6.45, 7) is 3.39. The Morgan fingerprint density at radius 2 is 1.66 bits per heavy atom. The molecule has 1 aromatic heterocycles. The van der Waals surface area contributed by atoms with Crippen LogP contribution in [-0.2, 0) is 12.3 Å². The smallest absolute Gasteiger partial charge is 0.279 e. The number of pyridine rings is 1. The third kappa shape index (κ3) is 7.44. The molecule has 1 heterocycles. The van der Waals surface area contributed by atoms with E-state index in [1.165, 1.54) is 30.8 Å². The van der Waals surface area contributed by atoms with Gasteiger partial charge in [0, 0.05) is 11.5 Å². The summed E-state index contributed by atoms with van der Waals surface area (Å²) in [6.07, 6.45) is 6.17. The standard InChI is InChI=1S/C30H39F6NO/c1-3-5-6-7-8-9-10-12-21-14-13-20-17-23(28(33)29(34)27(20)30(21,35)36)26-16-15-22(18-37-26)38-19-25(32)24(31)11-4-2/h15-18,21,24-25H,3-14,19H2,1-2H3. The quantitative estimate of drug-likeness (QED) is 0.165. The van der Waals surface area contributed by atoms with Gasteiger partial charge < -0.3 is 4.74 Å². The number of hydrogen-bond donors (Lipinski definition) is 0. The van der Waals surface area contributed by atoms with Crippen LogP contribution in [0.1, 0.15) is 95.6 Å². The fourth-order valence-corrected chi connectivity index (χ4v) is 5.17. The van der Waals surface area contributed by atoms with Gasteiger partial charge in [-0.2, -0.15) is 0 Å². The molecule has 2 nitrogen and oxygen atoms in total. The third-order valence-electron chi connectivity index (χ3n) is 7.43. The van der Waals surface area contributed by atoms with Crippen molar-refractivity contribution >= 4 is 0 Å². The Balaban J connectivity index is 1.67. The first-order chi connectivity index (χ1) is 18.2. The SMILES string of the molecule is CCCCCCCCCC1CCc2cc(-c3ccc(OCC(F)C(F)CCC)cn3)c(F)c(F)c2C1(F)F. The van der Waals surface area contributed by atoms with Gasteiger partial charge in [0.2, 0.25) is 0 Å². The van der Waals surface area contributed by atoms with Crippen molar-refractivity contribution in [2.45, 2.75) is 109 Å². The molecule has 3 rings (SSSR count). The van der Waals surface area contributed by atoms with Crippen LogP contribution in [0.2, 0.25) is 0 Å². The van der Waals surface area contributed by atoms with Gasteiger partial charge in [-0.15, -0.1) is 0 Å². The van der Waals surface area contributed by atoms with Crippen molar-refractivity contribution in [3.05, 3.63) is 47.2 Å². The maximum absolute atomic E-state index is 15.3. The van der Waals surface area contributed by atoms with Crippen molar-refractivity contribution in [1.29, 1.82) is 0 Å². The minimum atomic E-state index is -3.45.